The molecular weight excluding hydrogens is 485 g/mol. The van der Waals surface area contributed by atoms with E-state index in [0.29, 0.717) is 29.7 Å². The van der Waals surface area contributed by atoms with E-state index in [9.17, 15) is 17.6 Å². The van der Waals surface area contributed by atoms with Crippen molar-refractivity contribution in [2.75, 3.05) is 6.54 Å². The van der Waals surface area contributed by atoms with Crippen LogP contribution in [0.2, 0.25) is 0 Å². The number of para-hydroxylation sites is 1. The van der Waals surface area contributed by atoms with Gasteiger partial charge in [0, 0.05) is 18.7 Å². The van der Waals surface area contributed by atoms with Gasteiger partial charge in [-0.25, -0.2) is 12.8 Å². The summed E-state index contributed by atoms with van der Waals surface area (Å²) < 4.78 is 44.3. The zero-order valence-electron chi connectivity index (χ0n) is 18.5. The van der Waals surface area contributed by atoms with Crippen LogP contribution in [0.1, 0.15) is 21.5 Å². The first-order valence-corrected chi connectivity index (χ1v) is 13.1. The third kappa shape index (κ3) is 4.32. The van der Waals surface area contributed by atoms with Gasteiger partial charge in [0.1, 0.15) is 5.82 Å². The highest BCUT2D eigenvalue weighted by Gasteiger charge is 2.28. The first kappa shape index (κ1) is 23.2. The maximum Gasteiger partial charge on any atom is 0.279 e. The van der Waals surface area contributed by atoms with Crippen molar-refractivity contribution in [2.45, 2.75) is 24.4 Å². The van der Waals surface area contributed by atoms with Crippen LogP contribution < -0.4 is 4.80 Å². The van der Waals surface area contributed by atoms with Gasteiger partial charge in [0.15, 0.2) is 4.80 Å². The molecule has 0 saturated carbocycles. The Morgan fingerprint density at radius 1 is 1.06 bits per heavy atom. The SMILES string of the molecule is C#CCn1c(=NC(=O)c2ccc(S(=O)(=O)N3CCc4ccccc4C3)cc2)sc2cccc(F)c21. The fraction of sp³-hybridized carbons (Fsp3) is 0.154. The third-order valence-corrected chi connectivity index (χ3v) is 8.84. The van der Waals surface area contributed by atoms with Crippen LogP contribution in [0.4, 0.5) is 4.39 Å². The van der Waals surface area contributed by atoms with E-state index in [2.05, 4.69) is 10.9 Å². The number of halogens is 1. The van der Waals surface area contributed by atoms with Crippen LogP contribution >= 0.6 is 11.3 Å². The Bertz CT molecular complexity index is 1660. The van der Waals surface area contributed by atoms with E-state index in [4.69, 9.17) is 6.42 Å². The molecule has 1 aliphatic rings. The van der Waals surface area contributed by atoms with Gasteiger partial charge in [0.25, 0.3) is 5.91 Å². The molecule has 9 heteroatoms. The minimum absolute atomic E-state index is 0.0587. The van der Waals surface area contributed by atoms with Crippen LogP contribution in [0.5, 0.6) is 0 Å². The molecule has 1 aliphatic heterocycles. The Labute approximate surface area is 206 Å². The number of aromatic nitrogens is 1. The number of rotatable bonds is 4. The highest BCUT2D eigenvalue weighted by atomic mass is 32.2. The molecule has 0 radical (unpaired) electrons. The van der Waals surface area contributed by atoms with Crippen LogP contribution in [0.25, 0.3) is 10.2 Å². The summed E-state index contributed by atoms with van der Waals surface area (Å²) in [6.45, 7) is 0.766. The Hall–Kier alpha value is -3.58. The topological polar surface area (TPSA) is 71.7 Å². The molecule has 2 heterocycles. The minimum Gasteiger partial charge on any atom is -0.302 e. The molecule has 176 valence electrons. The lowest BCUT2D eigenvalue weighted by molar-refractivity contribution is 0.0997. The maximum atomic E-state index is 14.4. The third-order valence-electron chi connectivity index (χ3n) is 5.93. The molecular formula is C26H20FN3O3S2. The summed E-state index contributed by atoms with van der Waals surface area (Å²) in [7, 11) is -3.72. The normalized spacial score (nSPS) is 14.6. The monoisotopic (exact) mass is 505 g/mol. The smallest absolute Gasteiger partial charge is 0.279 e. The Morgan fingerprint density at radius 2 is 1.80 bits per heavy atom. The average molecular weight is 506 g/mol. The van der Waals surface area contributed by atoms with Crippen LogP contribution in [0.15, 0.2) is 76.6 Å². The van der Waals surface area contributed by atoms with Crippen molar-refractivity contribution in [3.63, 3.8) is 0 Å². The first-order chi connectivity index (χ1) is 16.9. The van der Waals surface area contributed by atoms with Gasteiger partial charge in [-0.15, -0.1) is 6.42 Å². The second-order valence-electron chi connectivity index (χ2n) is 8.06. The molecule has 1 aromatic heterocycles. The second-order valence-corrected chi connectivity index (χ2v) is 11.0. The number of amides is 1. The number of nitrogens with zero attached hydrogens (tertiary/aromatic N) is 3. The molecule has 0 saturated heterocycles. The molecule has 6 nitrogen and oxygen atoms in total. The van der Waals surface area contributed by atoms with Crippen molar-refractivity contribution >= 4 is 37.5 Å². The Morgan fingerprint density at radius 3 is 2.54 bits per heavy atom. The molecule has 3 aromatic carbocycles. The number of thiazole rings is 1. The number of hydrogen-bond acceptors (Lipinski definition) is 4. The zero-order valence-corrected chi connectivity index (χ0v) is 20.2. The number of carbonyl (C=O) groups is 1. The molecule has 0 N–H and O–H groups in total. The summed E-state index contributed by atoms with van der Waals surface area (Å²) in [5.74, 6) is 1.45. The summed E-state index contributed by atoms with van der Waals surface area (Å²) in [6.07, 6.45) is 6.09. The predicted molar refractivity (Wildman–Crippen MR) is 133 cm³/mol. The molecule has 0 atom stereocenters. The van der Waals surface area contributed by atoms with E-state index in [-0.39, 0.29) is 21.8 Å². The fourth-order valence-electron chi connectivity index (χ4n) is 4.16. The first-order valence-electron chi connectivity index (χ1n) is 10.9. The van der Waals surface area contributed by atoms with E-state index in [0.717, 1.165) is 22.5 Å². The molecule has 5 rings (SSSR count). The number of terminal acetylenes is 1. The van der Waals surface area contributed by atoms with Crippen LogP contribution in [-0.2, 0) is 29.5 Å². The zero-order chi connectivity index (χ0) is 24.6. The van der Waals surface area contributed by atoms with E-state index < -0.39 is 21.7 Å². The standard InChI is InChI=1S/C26H20FN3O3S2/c1-2-15-30-24-22(27)8-5-9-23(24)34-26(30)28-25(31)19-10-12-21(13-11-19)35(32,33)29-16-14-18-6-3-4-7-20(18)17-29/h1,3-13H,14-17H2. The van der Waals surface area contributed by atoms with Crippen LogP contribution in [0.3, 0.4) is 0 Å². The number of fused-ring (bicyclic) bond motifs is 2. The van der Waals surface area contributed by atoms with Crippen molar-refractivity contribution in [2.24, 2.45) is 4.99 Å². The maximum absolute atomic E-state index is 14.4. The summed E-state index contributed by atoms with van der Waals surface area (Å²) in [5.41, 5.74) is 2.67. The number of hydrogen-bond donors (Lipinski definition) is 0. The van der Waals surface area contributed by atoms with E-state index in [1.54, 1.807) is 12.1 Å². The molecule has 35 heavy (non-hydrogen) atoms. The predicted octanol–water partition coefficient (Wildman–Crippen LogP) is 3.96. The highest BCUT2D eigenvalue weighted by Crippen LogP contribution is 2.25. The lowest BCUT2D eigenvalue weighted by Gasteiger charge is -2.28. The quantitative estimate of drug-likeness (QED) is 0.394. The molecule has 0 fully saturated rings. The van der Waals surface area contributed by atoms with E-state index in [1.165, 1.54) is 39.2 Å². The molecule has 0 spiro atoms. The van der Waals surface area contributed by atoms with Gasteiger partial charge in [-0.3, -0.25) is 4.79 Å². The van der Waals surface area contributed by atoms with Crippen molar-refractivity contribution in [3.8, 4) is 12.3 Å². The van der Waals surface area contributed by atoms with E-state index in [1.807, 2.05) is 24.3 Å². The van der Waals surface area contributed by atoms with Crippen molar-refractivity contribution in [1.29, 1.82) is 0 Å². The van der Waals surface area contributed by atoms with Gasteiger partial charge < -0.3 is 4.57 Å². The molecule has 1 amide bonds. The highest BCUT2D eigenvalue weighted by molar-refractivity contribution is 7.89. The number of benzene rings is 3. The molecule has 0 bridgehead atoms. The van der Waals surface area contributed by atoms with Crippen LogP contribution in [-0.4, -0.2) is 29.7 Å². The second kappa shape index (κ2) is 9.23. The number of sulfonamides is 1. The Kier molecular flexibility index (Phi) is 6.11. The van der Waals surface area contributed by atoms with Gasteiger partial charge in [-0.2, -0.15) is 9.30 Å². The minimum atomic E-state index is -3.72. The lowest BCUT2D eigenvalue weighted by atomic mass is 10.0. The summed E-state index contributed by atoms with van der Waals surface area (Å²) in [4.78, 5) is 17.4. The summed E-state index contributed by atoms with van der Waals surface area (Å²) in [6, 6.07) is 18.2. The molecule has 0 unspecified atom stereocenters. The van der Waals surface area contributed by atoms with E-state index >= 15 is 0 Å². The van der Waals surface area contributed by atoms with Crippen molar-refractivity contribution in [3.05, 3.63) is 94.0 Å². The molecule has 4 aromatic rings. The van der Waals surface area contributed by atoms with Gasteiger partial charge >= 0.3 is 0 Å². The average Bonchev–Trinajstić information content (AvgIpc) is 3.22. The van der Waals surface area contributed by atoms with Gasteiger partial charge in [-0.1, -0.05) is 47.6 Å². The van der Waals surface area contributed by atoms with Gasteiger partial charge in [0.05, 0.1) is 21.7 Å². The summed E-state index contributed by atoms with van der Waals surface area (Å²) >= 11 is 1.16. The van der Waals surface area contributed by atoms with Crippen LogP contribution in [0, 0.1) is 18.2 Å². The van der Waals surface area contributed by atoms with Gasteiger partial charge in [-0.05, 0) is 53.9 Å². The fourth-order valence-corrected chi connectivity index (χ4v) is 6.62. The van der Waals surface area contributed by atoms with Crippen molar-refractivity contribution < 1.29 is 17.6 Å². The Balaban J connectivity index is 1.43. The van der Waals surface area contributed by atoms with Gasteiger partial charge in [0.2, 0.25) is 10.0 Å². The number of carbonyl (C=O) groups excluding carboxylic acids is 1. The van der Waals surface area contributed by atoms with Crippen molar-refractivity contribution in [1.82, 2.24) is 8.87 Å². The summed E-state index contributed by atoms with van der Waals surface area (Å²) in [5, 5.41) is 0. The lowest BCUT2D eigenvalue weighted by Crippen LogP contribution is -2.35. The molecule has 0 aliphatic carbocycles. The largest absolute Gasteiger partial charge is 0.302 e.